The number of ether oxygens (including phenoxy) is 1. The summed E-state index contributed by atoms with van der Waals surface area (Å²) < 4.78 is 4.91. The van der Waals surface area contributed by atoms with Crippen LogP contribution in [0.2, 0.25) is 0 Å². The molecule has 0 fully saturated rings. The van der Waals surface area contributed by atoms with Crippen LogP contribution in [0.25, 0.3) is 0 Å². The summed E-state index contributed by atoms with van der Waals surface area (Å²) >= 11 is 3.90. The normalized spacial score (nSPS) is 14.3. The topological polar surface area (TPSA) is 49.7 Å². The molecule has 0 radical (unpaired) electrons. The van der Waals surface area contributed by atoms with E-state index in [0.717, 1.165) is 0 Å². The van der Waals surface area contributed by atoms with Crippen molar-refractivity contribution in [3.8, 4) is 0 Å². The highest BCUT2D eigenvalue weighted by Crippen LogP contribution is 1.99. The smallest absolute Gasteiger partial charge is 0.105 e. The third-order valence-corrected chi connectivity index (χ3v) is 0.918. The fourth-order valence-electron chi connectivity index (χ4n) is 0.422. The van der Waals surface area contributed by atoms with Gasteiger partial charge >= 0.3 is 0 Å². The van der Waals surface area contributed by atoms with E-state index in [1.54, 1.807) is 6.92 Å². The number of hydrogen-bond donors (Lipinski definition) is 3. The molecular formula is C5H12O3S. The second kappa shape index (κ2) is 5.05. The Kier molecular flexibility index (Phi) is 5.18. The number of aliphatic hydroxyl groups excluding tert-OH is 2. The van der Waals surface area contributed by atoms with Crippen LogP contribution in [0.3, 0.4) is 0 Å². The van der Waals surface area contributed by atoms with E-state index in [1.807, 2.05) is 0 Å². The molecule has 0 aromatic carbocycles. The molecule has 0 saturated heterocycles. The lowest BCUT2D eigenvalue weighted by atomic mass is 10.4. The monoisotopic (exact) mass is 152 g/mol. The maximum absolute atomic E-state index is 8.46. The first kappa shape index (κ1) is 9.23. The molecule has 1 atom stereocenters. The molecule has 2 N–H and O–H groups in total. The van der Waals surface area contributed by atoms with Gasteiger partial charge in [0.05, 0.1) is 18.6 Å². The van der Waals surface area contributed by atoms with Crippen molar-refractivity contribution in [2.24, 2.45) is 0 Å². The summed E-state index contributed by atoms with van der Waals surface area (Å²) in [5, 5.41) is 16.9. The number of rotatable bonds is 4. The molecule has 3 nitrogen and oxygen atoms in total. The average molecular weight is 152 g/mol. The van der Waals surface area contributed by atoms with Crippen molar-refractivity contribution in [1.82, 2.24) is 0 Å². The number of thiol groups is 1. The van der Waals surface area contributed by atoms with Gasteiger partial charge in [-0.2, -0.15) is 0 Å². The Bertz CT molecular complexity index is 63.2. The molecule has 9 heavy (non-hydrogen) atoms. The highest BCUT2D eigenvalue weighted by atomic mass is 32.1. The summed E-state index contributed by atoms with van der Waals surface area (Å²) in [4.78, 5) is 0. The van der Waals surface area contributed by atoms with Gasteiger partial charge in [-0.3, -0.25) is 0 Å². The van der Waals surface area contributed by atoms with Gasteiger partial charge in [0.25, 0.3) is 0 Å². The molecule has 0 aromatic heterocycles. The van der Waals surface area contributed by atoms with E-state index >= 15 is 0 Å². The summed E-state index contributed by atoms with van der Waals surface area (Å²) in [6, 6.07) is 0. The minimum atomic E-state index is -0.488. The molecule has 0 aliphatic rings. The summed E-state index contributed by atoms with van der Waals surface area (Å²) in [5.74, 6) is 0. The summed E-state index contributed by atoms with van der Waals surface area (Å²) in [7, 11) is 0. The third-order valence-electron chi connectivity index (χ3n) is 0.797. The van der Waals surface area contributed by atoms with E-state index in [0.29, 0.717) is 0 Å². The Morgan fingerprint density at radius 2 is 1.89 bits per heavy atom. The molecule has 1 unspecified atom stereocenters. The van der Waals surface area contributed by atoms with Crippen molar-refractivity contribution < 1.29 is 14.9 Å². The quantitative estimate of drug-likeness (QED) is 0.380. The zero-order chi connectivity index (χ0) is 7.28. The van der Waals surface area contributed by atoms with Gasteiger partial charge in [-0.25, -0.2) is 0 Å². The van der Waals surface area contributed by atoms with Crippen LogP contribution in [0, 0.1) is 0 Å². The fraction of sp³-hybridized carbons (Fsp3) is 1.00. The second-order valence-corrected chi connectivity index (χ2v) is 2.45. The first-order valence-electron chi connectivity index (χ1n) is 2.76. The molecular weight excluding hydrogens is 140 g/mol. The minimum Gasteiger partial charge on any atom is -0.394 e. The minimum absolute atomic E-state index is 0.165. The molecule has 0 amide bonds. The Balaban J connectivity index is 3.31. The first-order valence-corrected chi connectivity index (χ1v) is 3.27. The lowest BCUT2D eigenvalue weighted by Gasteiger charge is -2.14. The van der Waals surface area contributed by atoms with Gasteiger partial charge in [-0.15, -0.1) is 12.6 Å². The first-order chi connectivity index (χ1) is 4.20. The van der Waals surface area contributed by atoms with E-state index in [-0.39, 0.29) is 18.6 Å². The van der Waals surface area contributed by atoms with Gasteiger partial charge in [-0.05, 0) is 6.92 Å². The molecule has 0 aliphatic carbocycles. The summed E-state index contributed by atoms with van der Waals surface area (Å²) in [6.45, 7) is 1.39. The van der Waals surface area contributed by atoms with E-state index in [4.69, 9.17) is 14.9 Å². The zero-order valence-corrected chi connectivity index (χ0v) is 6.21. The standard InChI is InChI=1S/C5H12O3S/c1-4(9)8-5(2-6)3-7/h4-7,9H,2-3H2,1H3. The Morgan fingerprint density at radius 3 is 2.00 bits per heavy atom. The largest absolute Gasteiger partial charge is 0.394 e. The van der Waals surface area contributed by atoms with Crippen molar-refractivity contribution in [3.63, 3.8) is 0 Å². The predicted octanol–water partition coefficient (Wildman–Crippen LogP) is -0.368. The average Bonchev–Trinajstić information content (AvgIpc) is 1.82. The maximum atomic E-state index is 8.46. The molecule has 0 heterocycles. The highest BCUT2D eigenvalue weighted by molar-refractivity contribution is 7.80. The fourth-order valence-corrected chi connectivity index (χ4v) is 0.594. The maximum Gasteiger partial charge on any atom is 0.105 e. The van der Waals surface area contributed by atoms with Crippen LogP contribution >= 0.6 is 12.6 Å². The lowest BCUT2D eigenvalue weighted by molar-refractivity contribution is -0.0253. The van der Waals surface area contributed by atoms with Gasteiger partial charge < -0.3 is 14.9 Å². The molecule has 0 aromatic rings. The van der Waals surface area contributed by atoms with Crippen LogP contribution in [0.1, 0.15) is 6.92 Å². The number of hydrogen-bond acceptors (Lipinski definition) is 4. The molecule has 0 spiro atoms. The molecule has 56 valence electrons. The van der Waals surface area contributed by atoms with Crippen molar-refractivity contribution in [2.75, 3.05) is 13.2 Å². The Labute approximate surface area is 60.1 Å². The third kappa shape index (κ3) is 4.72. The van der Waals surface area contributed by atoms with Crippen molar-refractivity contribution >= 4 is 12.6 Å². The van der Waals surface area contributed by atoms with Gasteiger partial charge in [0.2, 0.25) is 0 Å². The van der Waals surface area contributed by atoms with Crippen molar-refractivity contribution in [2.45, 2.75) is 18.5 Å². The van der Waals surface area contributed by atoms with Gasteiger partial charge in [0.15, 0.2) is 0 Å². The summed E-state index contributed by atoms with van der Waals surface area (Å²) in [5.41, 5.74) is -0.241. The number of aliphatic hydroxyl groups is 2. The van der Waals surface area contributed by atoms with E-state index in [1.165, 1.54) is 0 Å². The van der Waals surface area contributed by atoms with Crippen LogP contribution in [0.4, 0.5) is 0 Å². The van der Waals surface area contributed by atoms with Crippen molar-refractivity contribution in [1.29, 1.82) is 0 Å². The van der Waals surface area contributed by atoms with Gasteiger partial charge in [-0.1, -0.05) is 0 Å². The SMILES string of the molecule is CC(S)OC(CO)CO. The van der Waals surface area contributed by atoms with E-state index in [2.05, 4.69) is 12.6 Å². The van der Waals surface area contributed by atoms with Gasteiger partial charge in [0, 0.05) is 0 Å². The predicted molar refractivity (Wildman–Crippen MR) is 37.5 cm³/mol. The van der Waals surface area contributed by atoms with E-state index in [9.17, 15) is 0 Å². The Morgan fingerprint density at radius 1 is 1.44 bits per heavy atom. The van der Waals surface area contributed by atoms with Crippen LogP contribution in [0.5, 0.6) is 0 Å². The summed E-state index contributed by atoms with van der Waals surface area (Å²) in [6.07, 6.45) is -0.488. The van der Waals surface area contributed by atoms with Crippen LogP contribution in [-0.4, -0.2) is 35.0 Å². The zero-order valence-electron chi connectivity index (χ0n) is 5.32. The lowest BCUT2D eigenvalue weighted by Crippen LogP contribution is -2.24. The van der Waals surface area contributed by atoms with Crippen molar-refractivity contribution in [3.05, 3.63) is 0 Å². The molecule has 4 heteroatoms. The second-order valence-electron chi connectivity index (χ2n) is 1.72. The van der Waals surface area contributed by atoms with Crippen LogP contribution in [-0.2, 0) is 4.74 Å². The van der Waals surface area contributed by atoms with Gasteiger partial charge in [0.1, 0.15) is 6.10 Å². The van der Waals surface area contributed by atoms with E-state index < -0.39 is 6.10 Å². The molecule has 0 bridgehead atoms. The molecule has 0 rings (SSSR count). The van der Waals surface area contributed by atoms with Crippen LogP contribution in [0.15, 0.2) is 0 Å². The van der Waals surface area contributed by atoms with Crippen LogP contribution < -0.4 is 0 Å². The highest BCUT2D eigenvalue weighted by Gasteiger charge is 2.06. The molecule has 0 saturated carbocycles. The molecule has 0 aliphatic heterocycles. The Hall–Kier alpha value is 0.230.